The first-order valence-electron chi connectivity index (χ1n) is 7.27. The molecule has 2 rings (SSSR count). The molecule has 21 heavy (non-hydrogen) atoms. The molecule has 0 spiro atoms. The molecule has 1 aromatic carbocycles. The third kappa shape index (κ3) is 4.51. The van der Waals surface area contributed by atoms with E-state index in [4.69, 9.17) is 5.11 Å². The van der Waals surface area contributed by atoms with Gasteiger partial charge < -0.3 is 10.4 Å². The number of aliphatic hydroxyl groups excluding tert-OH is 1. The molecule has 0 radical (unpaired) electrons. The highest BCUT2D eigenvalue weighted by Crippen LogP contribution is 2.27. The lowest BCUT2D eigenvalue weighted by Gasteiger charge is -2.18. The zero-order valence-electron chi connectivity index (χ0n) is 12.8. The first-order chi connectivity index (χ1) is 10.0. The summed E-state index contributed by atoms with van der Waals surface area (Å²) in [5, 5.41) is 13.4. The lowest BCUT2D eigenvalue weighted by atomic mass is 9.96. The largest absolute Gasteiger partial charge is 0.396 e. The molecule has 0 bridgehead atoms. The van der Waals surface area contributed by atoms with E-state index in [-0.39, 0.29) is 18.1 Å². The maximum Gasteiger partial charge on any atom is 0.203 e. The number of nitrogens with one attached hydrogen (secondary N) is 1. The minimum atomic E-state index is -0.0379. The maximum absolute atomic E-state index is 9.09. The van der Waals surface area contributed by atoms with Gasteiger partial charge in [0.2, 0.25) is 5.13 Å². The highest BCUT2D eigenvalue weighted by Gasteiger charge is 2.20. The Morgan fingerprint density at radius 1 is 1.24 bits per heavy atom. The average Bonchev–Trinajstić information content (AvgIpc) is 2.93. The highest BCUT2D eigenvalue weighted by molar-refractivity contribution is 7.09. The van der Waals surface area contributed by atoms with Gasteiger partial charge in [-0.1, -0.05) is 51.1 Å². The van der Waals surface area contributed by atoms with Gasteiger partial charge in [0.05, 0.1) is 6.04 Å². The minimum absolute atomic E-state index is 0.0379. The van der Waals surface area contributed by atoms with Gasteiger partial charge in [0, 0.05) is 23.6 Å². The van der Waals surface area contributed by atoms with Crippen molar-refractivity contribution >= 4 is 16.7 Å². The van der Waals surface area contributed by atoms with Crippen molar-refractivity contribution in [1.82, 2.24) is 9.36 Å². The Balaban J connectivity index is 2.13. The number of rotatable bonds is 6. The summed E-state index contributed by atoms with van der Waals surface area (Å²) in [6.45, 7) is 6.53. The van der Waals surface area contributed by atoms with Crippen LogP contribution >= 0.6 is 11.5 Å². The molecular weight excluding hydrogens is 282 g/mol. The summed E-state index contributed by atoms with van der Waals surface area (Å²) < 4.78 is 4.43. The fraction of sp³-hybridized carbons (Fsp3) is 0.500. The molecule has 114 valence electrons. The molecule has 2 N–H and O–H groups in total. The molecule has 0 saturated heterocycles. The molecule has 0 aliphatic rings. The fourth-order valence-electron chi connectivity index (χ4n) is 2.04. The molecule has 2 aromatic rings. The molecule has 0 amide bonds. The molecule has 0 aliphatic heterocycles. The van der Waals surface area contributed by atoms with Crippen LogP contribution in [-0.2, 0) is 5.41 Å². The summed E-state index contributed by atoms with van der Waals surface area (Å²) >= 11 is 1.40. The van der Waals surface area contributed by atoms with Crippen LogP contribution in [0.4, 0.5) is 5.13 Å². The van der Waals surface area contributed by atoms with Gasteiger partial charge in [-0.3, -0.25) is 0 Å². The van der Waals surface area contributed by atoms with E-state index in [9.17, 15) is 0 Å². The van der Waals surface area contributed by atoms with Gasteiger partial charge in [-0.15, -0.1) is 0 Å². The standard InChI is InChI=1S/C16H23N3OS/c1-16(2,3)14-18-15(21-19-14)17-13(10-7-11-20)12-8-5-4-6-9-12/h4-6,8-9,13,20H,7,10-11H2,1-3H3,(H,17,18,19). The predicted octanol–water partition coefficient (Wildman–Crippen LogP) is 3.76. The van der Waals surface area contributed by atoms with Crippen LogP contribution in [0.2, 0.25) is 0 Å². The van der Waals surface area contributed by atoms with Crippen LogP contribution in [0.15, 0.2) is 30.3 Å². The second-order valence-corrected chi connectivity index (χ2v) is 6.90. The van der Waals surface area contributed by atoms with E-state index in [1.807, 2.05) is 18.2 Å². The van der Waals surface area contributed by atoms with Crippen molar-refractivity contribution in [2.24, 2.45) is 0 Å². The van der Waals surface area contributed by atoms with Crippen LogP contribution in [0.3, 0.4) is 0 Å². The number of benzene rings is 1. The van der Waals surface area contributed by atoms with E-state index >= 15 is 0 Å². The predicted molar refractivity (Wildman–Crippen MR) is 87.7 cm³/mol. The second kappa shape index (κ2) is 7.00. The number of hydrogen-bond donors (Lipinski definition) is 2. The van der Waals surface area contributed by atoms with Gasteiger partial charge in [0.15, 0.2) is 0 Å². The van der Waals surface area contributed by atoms with E-state index < -0.39 is 0 Å². The summed E-state index contributed by atoms with van der Waals surface area (Å²) in [6, 6.07) is 10.4. The Morgan fingerprint density at radius 3 is 2.52 bits per heavy atom. The van der Waals surface area contributed by atoms with Gasteiger partial charge in [0.25, 0.3) is 0 Å². The minimum Gasteiger partial charge on any atom is -0.396 e. The van der Waals surface area contributed by atoms with Crippen molar-refractivity contribution < 1.29 is 5.11 Å². The Hall–Kier alpha value is -1.46. The topological polar surface area (TPSA) is 58.0 Å². The highest BCUT2D eigenvalue weighted by atomic mass is 32.1. The van der Waals surface area contributed by atoms with E-state index in [0.717, 1.165) is 23.8 Å². The van der Waals surface area contributed by atoms with Crippen LogP contribution in [0, 0.1) is 0 Å². The molecule has 1 aromatic heterocycles. The second-order valence-electron chi connectivity index (χ2n) is 6.15. The molecule has 1 heterocycles. The van der Waals surface area contributed by atoms with E-state index in [2.05, 4.69) is 47.6 Å². The lowest BCUT2D eigenvalue weighted by molar-refractivity contribution is 0.281. The Labute approximate surface area is 130 Å². The molecule has 0 fully saturated rings. The summed E-state index contributed by atoms with van der Waals surface area (Å²) in [7, 11) is 0. The van der Waals surface area contributed by atoms with E-state index in [0.29, 0.717) is 0 Å². The smallest absolute Gasteiger partial charge is 0.203 e. The molecule has 0 saturated carbocycles. The number of nitrogens with zero attached hydrogens (tertiary/aromatic N) is 2. The van der Waals surface area contributed by atoms with Gasteiger partial charge in [0.1, 0.15) is 5.82 Å². The maximum atomic E-state index is 9.09. The van der Waals surface area contributed by atoms with Crippen molar-refractivity contribution in [3.8, 4) is 0 Å². The van der Waals surface area contributed by atoms with Gasteiger partial charge in [-0.2, -0.15) is 4.37 Å². The summed E-state index contributed by atoms with van der Waals surface area (Å²) in [5.74, 6) is 0.865. The first kappa shape index (κ1) is 15.9. The van der Waals surface area contributed by atoms with Gasteiger partial charge in [-0.25, -0.2) is 4.98 Å². The Morgan fingerprint density at radius 2 is 1.95 bits per heavy atom. The summed E-state index contributed by atoms with van der Waals surface area (Å²) in [4.78, 5) is 4.59. The van der Waals surface area contributed by atoms with Crippen molar-refractivity contribution in [2.75, 3.05) is 11.9 Å². The van der Waals surface area contributed by atoms with Gasteiger partial charge in [-0.05, 0) is 18.4 Å². The van der Waals surface area contributed by atoms with Crippen molar-refractivity contribution in [1.29, 1.82) is 0 Å². The average molecular weight is 305 g/mol. The monoisotopic (exact) mass is 305 g/mol. The van der Waals surface area contributed by atoms with Crippen molar-refractivity contribution in [3.63, 3.8) is 0 Å². The molecule has 1 atom stereocenters. The number of hydrogen-bond acceptors (Lipinski definition) is 5. The molecular formula is C16H23N3OS. The van der Waals surface area contributed by atoms with Crippen LogP contribution in [0.5, 0.6) is 0 Å². The van der Waals surface area contributed by atoms with Crippen molar-refractivity contribution in [3.05, 3.63) is 41.7 Å². The Bertz CT molecular complexity index is 548. The van der Waals surface area contributed by atoms with Crippen LogP contribution < -0.4 is 5.32 Å². The molecule has 5 heteroatoms. The molecule has 4 nitrogen and oxygen atoms in total. The summed E-state index contributed by atoms with van der Waals surface area (Å²) in [6.07, 6.45) is 1.63. The lowest BCUT2D eigenvalue weighted by Crippen LogP contribution is -2.14. The van der Waals surface area contributed by atoms with Crippen LogP contribution in [0.1, 0.15) is 51.0 Å². The van der Waals surface area contributed by atoms with E-state index in [1.54, 1.807) is 0 Å². The quantitative estimate of drug-likeness (QED) is 0.853. The molecule has 1 unspecified atom stereocenters. The van der Waals surface area contributed by atoms with Gasteiger partial charge >= 0.3 is 0 Å². The first-order valence-corrected chi connectivity index (χ1v) is 8.04. The Kier molecular flexibility index (Phi) is 5.31. The fourth-order valence-corrected chi connectivity index (χ4v) is 2.85. The van der Waals surface area contributed by atoms with Crippen molar-refractivity contribution in [2.45, 2.75) is 45.1 Å². The SMILES string of the molecule is CC(C)(C)c1nsc(NC(CCCO)c2ccccc2)n1. The summed E-state index contributed by atoms with van der Waals surface area (Å²) in [5.41, 5.74) is 1.17. The number of aromatic nitrogens is 2. The molecule has 0 aliphatic carbocycles. The van der Waals surface area contributed by atoms with Crippen LogP contribution in [0.25, 0.3) is 0 Å². The normalized spacial score (nSPS) is 13.1. The number of anilines is 1. The number of aliphatic hydroxyl groups is 1. The zero-order valence-corrected chi connectivity index (χ0v) is 13.7. The third-order valence-electron chi connectivity index (χ3n) is 3.25. The van der Waals surface area contributed by atoms with Crippen LogP contribution in [-0.4, -0.2) is 21.1 Å². The zero-order chi connectivity index (χ0) is 15.3. The van der Waals surface area contributed by atoms with E-state index in [1.165, 1.54) is 17.1 Å². The third-order valence-corrected chi connectivity index (χ3v) is 3.89.